The molecule has 0 unspecified atom stereocenters. The van der Waals surface area contributed by atoms with Crippen LogP contribution < -0.4 is 5.46 Å². The number of nitriles is 1. The molecule has 0 N–H and O–H groups in total. The van der Waals surface area contributed by atoms with Crippen LogP contribution in [0.25, 0.3) is 0 Å². The third-order valence-electron chi connectivity index (χ3n) is 3.64. The van der Waals surface area contributed by atoms with Gasteiger partial charge < -0.3 is 14.0 Å². The number of esters is 1. The summed E-state index contributed by atoms with van der Waals surface area (Å²) in [5.74, 6) is -0.298. The van der Waals surface area contributed by atoms with Gasteiger partial charge in [-0.3, -0.25) is 4.79 Å². The van der Waals surface area contributed by atoms with E-state index < -0.39 is 12.7 Å². The van der Waals surface area contributed by atoms with Crippen LogP contribution in [0.5, 0.6) is 0 Å². The zero-order valence-electron chi connectivity index (χ0n) is 14.7. The monoisotopic (exact) mass is 329 g/mol. The summed E-state index contributed by atoms with van der Waals surface area (Å²) in [5.41, 5.74) is 1.51. The lowest BCUT2D eigenvalue weighted by atomic mass is 9.76. The Morgan fingerprint density at radius 3 is 2.50 bits per heavy atom. The van der Waals surface area contributed by atoms with Crippen LogP contribution in [0.15, 0.2) is 24.3 Å². The van der Waals surface area contributed by atoms with E-state index in [2.05, 4.69) is 6.07 Å². The summed E-state index contributed by atoms with van der Waals surface area (Å²) in [6.07, 6.45) is 0.372. The highest BCUT2D eigenvalue weighted by molar-refractivity contribution is 6.61. The Morgan fingerprint density at radius 2 is 1.92 bits per heavy atom. The number of benzene rings is 1. The van der Waals surface area contributed by atoms with Crippen molar-refractivity contribution in [3.63, 3.8) is 0 Å². The first kappa shape index (κ1) is 18.5. The van der Waals surface area contributed by atoms with Crippen LogP contribution in [-0.4, -0.2) is 30.9 Å². The van der Waals surface area contributed by atoms with Gasteiger partial charge in [-0.2, -0.15) is 5.26 Å². The Morgan fingerprint density at radius 1 is 1.29 bits per heavy atom. The van der Waals surface area contributed by atoms with Crippen molar-refractivity contribution in [3.05, 3.63) is 29.8 Å². The Kier molecular flexibility index (Phi) is 6.03. The Labute approximate surface area is 144 Å². The van der Waals surface area contributed by atoms with Crippen LogP contribution in [-0.2, 0) is 18.8 Å². The van der Waals surface area contributed by atoms with E-state index in [-0.39, 0.29) is 31.0 Å². The van der Waals surface area contributed by atoms with E-state index >= 15 is 0 Å². The molecule has 0 amide bonds. The van der Waals surface area contributed by atoms with Crippen molar-refractivity contribution in [2.75, 3.05) is 0 Å². The number of hydrogen-bond donors (Lipinski definition) is 0. The maximum absolute atomic E-state index is 12.1. The number of nitrogens with zero attached hydrogens (tertiary/aromatic N) is 1. The van der Waals surface area contributed by atoms with Crippen LogP contribution in [0.4, 0.5) is 0 Å². The molecule has 1 aromatic rings. The molecule has 1 heterocycles. The van der Waals surface area contributed by atoms with Crippen molar-refractivity contribution in [1.82, 2.24) is 0 Å². The predicted molar refractivity (Wildman–Crippen MR) is 91.6 cm³/mol. The fourth-order valence-electron chi connectivity index (χ4n) is 2.60. The van der Waals surface area contributed by atoms with E-state index in [1.54, 1.807) is 0 Å². The van der Waals surface area contributed by atoms with Crippen molar-refractivity contribution in [1.29, 1.82) is 5.26 Å². The molecule has 0 aliphatic carbocycles. The van der Waals surface area contributed by atoms with Crippen molar-refractivity contribution in [2.45, 2.75) is 64.8 Å². The van der Waals surface area contributed by atoms with Gasteiger partial charge in [-0.25, -0.2) is 0 Å². The van der Waals surface area contributed by atoms with Gasteiger partial charge in [-0.15, -0.1) is 0 Å². The van der Waals surface area contributed by atoms with Gasteiger partial charge in [0, 0.05) is 0 Å². The van der Waals surface area contributed by atoms with E-state index in [0.29, 0.717) is 6.42 Å². The van der Waals surface area contributed by atoms with Gasteiger partial charge in [0.05, 0.1) is 31.1 Å². The zero-order valence-corrected chi connectivity index (χ0v) is 14.7. The maximum Gasteiger partial charge on any atom is 0.494 e. The normalized spacial score (nSPS) is 21.2. The summed E-state index contributed by atoms with van der Waals surface area (Å²) in [7, 11) is -0.565. The number of hydrogen-bond acceptors (Lipinski definition) is 5. The summed E-state index contributed by atoms with van der Waals surface area (Å²) >= 11 is 0. The average Bonchev–Trinajstić information content (AvgIpc) is 2.46. The first-order chi connectivity index (χ1) is 11.3. The fraction of sp³-hybridized carbons (Fsp3) is 0.556. The maximum atomic E-state index is 12.1. The molecular weight excluding hydrogens is 305 g/mol. The first-order valence-electron chi connectivity index (χ1n) is 8.23. The minimum atomic E-state index is -0.565. The van der Waals surface area contributed by atoms with E-state index in [9.17, 15) is 4.79 Å². The molecule has 0 saturated carbocycles. The van der Waals surface area contributed by atoms with Crippen LogP contribution in [0.3, 0.4) is 0 Å². The molecule has 1 aliphatic rings. The van der Waals surface area contributed by atoms with Crippen molar-refractivity contribution < 1.29 is 18.8 Å². The third-order valence-corrected chi connectivity index (χ3v) is 3.64. The van der Waals surface area contributed by atoms with Crippen LogP contribution >= 0.6 is 0 Å². The second kappa shape index (κ2) is 7.82. The molecule has 5 nitrogen and oxygen atoms in total. The molecule has 1 aromatic carbocycles. The number of carbonyl (C=O) groups is 1. The summed E-state index contributed by atoms with van der Waals surface area (Å²) in [5, 5.41) is 8.97. The largest absolute Gasteiger partial charge is 0.494 e. The number of ether oxygens (including phenoxy) is 1. The zero-order chi connectivity index (χ0) is 17.7. The quantitative estimate of drug-likeness (QED) is 0.627. The van der Waals surface area contributed by atoms with Crippen molar-refractivity contribution in [2.24, 2.45) is 0 Å². The second-order valence-electron chi connectivity index (χ2n) is 7.15. The Hall–Kier alpha value is -1.84. The van der Waals surface area contributed by atoms with E-state index in [0.717, 1.165) is 11.0 Å². The molecule has 0 radical (unpaired) electrons. The van der Waals surface area contributed by atoms with E-state index in [4.69, 9.17) is 19.3 Å². The molecule has 0 spiro atoms. The van der Waals surface area contributed by atoms with Gasteiger partial charge in [0.15, 0.2) is 0 Å². The molecule has 0 bridgehead atoms. The summed E-state index contributed by atoms with van der Waals surface area (Å²) in [6, 6.07) is 9.99. The van der Waals surface area contributed by atoms with E-state index in [1.807, 2.05) is 52.0 Å². The standard InChI is InChI=1S/C18H24BNO4/c1-13-5-7-14(8-6-13)19-23-15(9-10-20)11-16(24-19)12-17(21)22-18(2,3)4/h5-8,15-16H,9,11-12H2,1-4H3/t15-,16+/m1/s1. The number of aryl methyl sites for hydroxylation is 1. The molecule has 24 heavy (non-hydrogen) atoms. The highest BCUT2D eigenvalue weighted by atomic mass is 16.6. The Bertz CT molecular complexity index is 603. The highest BCUT2D eigenvalue weighted by Gasteiger charge is 2.36. The molecule has 2 rings (SSSR count). The van der Waals surface area contributed by atoms with E-state index in [1.165, 1.54) is 0 Å². The van der Waals surface area contributed by atoms with Gasteiger partial charge in [-0.1, -0.05) is 29.8 Å². The summed E-state index contributed by atoms with van der Waals surface area (Å²) in [4.78, 5) is 12.1. The molecule has 2 atom stereocenters. The Balaban J connectivity index is 2.06. The number of rotatable bonds is 4. The average molecular weight is 329 g/mol. The second-order valence-corrected chi connectivity index (χ2v) is 7.15. The molecule has 128 valence electrons. The molecule has 1 fully saturated rings. The summed E-state index contributed by atoms with van der Waals surface area (Å²) in [6.45, 7) is 7.52. The lowest BCUT2D eigenvalue weighted by Gasteiger charge is -2.33. The minimum absolute atomic E-state index is 0.158. The van der Waals surface area contributed by atoms with Gasteiger partial charge in [0.25, 0.3) is 0 Å². The fourth-order valence-corrected chi connectivity index (χ4v) is 2.60. The van der Waals surface area contributed by atoms with Crippen LogP contribution in [0.1, 0.15) is 45.6 Å². The highest BCUT2D eigenvalue weighted by Crippen LogP contribution is 2.22. The van der Waals surface area contributed by atoms with Crippen molar-refractivity contribution in [3.8, 4) is 6.07 Å². The topological polar surface area (TPSA) is 68.5 Å². The molecule has 0 aromatic heterocycles. The van der Waals surface area contributed by atoms with Gasteiger partial charge in [0.2, 0.25) is 0 Å². The lowest BCUT2D eigenvalue weighted by Crippen LogP contribution is -2.49. The minimum Gasteiger partial charge on any atom is -0.460 e. The smallest absolute Gasteiger partial charge is 0.460 e. The van der Waals surface area contributed by atoms with Gasteiger partial charge in [-0.05, 0) is 39.6 Å². The molecule has 1 aliphatic heterocycles. The SMILES string of the molecule is Cc1ccc(B2O[C@H](CC#N)C[C@@H](CC(=O)OC(C)(C)C)O2)cc1. The molecule has 6 heteroatoms. The van der Waals surface area contributed by atoms with Crippen LogP contribution in [0.2, 0.25) is 0 Å². The molecular formula is C18H24BNO4. The summed E-state index contributed by atoms with van der Waals surface area (Å²) < 4.78 is 17.2. The first-order valence-corrected chi connectivity index (χ1v) is 8.23. The predicted octanol–water partition coefficient (Wildman–Crippen LogP) is 2.51. The van der Waals surface area contributed by atoms with Gasteiger partial charge in [0.1, 0.15) is 5.60 Å². The van der Waals surface area contributed by atoms with Crippen LogP contribution in [0, 0.1) is 18.3 Å². The van der Waals surface area contributed by atoms with Gasteiger partial charge >= 0.3 is 13.1 Å². The number of carbonyl (C=O) groups excluding carboxylic acids is 1. The lowest BCUT2D eigenvalue weighted by molar-refractivity contribution is -0.157. The third kappa shape index (κ3) is 5.66. The van der Waals surface area contributed by atoms with Crippen molar-refractivity contribution >= 4 is 18.6 Å². The molecule has 1 saturated heterocycles.